The normalized spacial score (nSPS) is 11.9. The number of carbonyl (C=O) groups excluding carboxylic acids is 1. The molecular formula is C21H22N2OS. The number of rotatable bonds is 6. The lowest BCUT2D eigenvalue weighted by Crippen LogP contribution is -2.37. The number of nitrogens with one attached hydrogen (secondary N) is 1. The van der Waals surface area contributed by atoms with E-state index in [2.05, 4.69) is 48.0 Å². The quantitative estimate of drug-likeness (QED) is 0.715. The van der Waals surface area contributed by atoms with Crippen LogP contribution in [0.5, 0.6) is 0 Å². The highest BCUT2D eigenvalue weighted by Gasteiger charge is 2.18. The molecule has 0 fully saturated rings. The Bertz CT molecular complexity index is 798. The molecule has 2 aromatic carbocycles. The first-order chi connectivity index (χ1) is 12.1. The number of para-hydroxylation sites is 1. The molecule has 0 aliphatic carbocycles. The van der Waals surface area contributed by atoms with Gasteiger partial charge in [0.1, 0.15) is 0 Å². The van der Waals surface area contributed by atoms with Crippen molar-refractivity contribution < 1.29 is 4.79 Å². The first-order valence-corrected chi connectivity index (χ1v) is 9.18. The third kappa shape index (κ3) is 4.35. The molecule has 1 N–H and O–H groups in total. The van der Waals surface area contributed by atoms with Gasteiger partial charge in [0.25, 0.3) is 0 Å². The van der Waals surface area contributed by atoms with Gasteiger partial charge in [0.15, 0.2) is 0 Å². The number of hydrogen-bond donors (Lipinski definition) is 1. The minimum atomic E-state index is 0.0220. The minimum absolute atomic E-state index is 0.0220. The summed E-state index contributed by atoms with van der Waals surface area (Å²) in [6.07, 6.45) is 0. The number of carbonyl (C=O) groups is 1. The largest absolute Gasteiger partial charge is 0.314 e. The maximum atomic E-state index is 12.6. The van der Waals surface area contributed by atoms with Crippen LogP contribution in [0.2, 0.25) is 0 Å². The topological polar surface area (TPSA) is 32.3 Å². The number of amides is 1. The monoisotopic (exact) mass is 350 g/mol. The summed E-state index contributed by atoms with van der Waals surface area (Å²) in [6.45, 7) is 2.36. The smallest absolute Gasteiger partial charge is 0.240 e. The predicted octanol–water partition coefficient (Wildman–Crippen LogP) is 4.40. The molecule has 128 valence electrons. The molecule has 3 nitrogen and oxygen atoms in total. The molecule has 1 amide bonds. The molecule has 4 heteroatoms. The molecule has 0 bridgehead atoms. The first kappa shape index (κ1) is 17.4. The lowest BCUT2D eigenvalue weighted by molar-refractivity contribution is -0.117. The van der Waals surface area contributed by atoms with Crippen LogP contribution >= 0.6 is 11.3 Å². The van der Waals surface area contributed by atoms with Gasteiger partial charge in [-0.15, -0.1) is 11.3 Å². The van der Waals surface area contributed by atoms with Gasteiger partial charge in [0, 0.05) is 17.6 Å². The summed E-state index contributed by atoms with van der Waals surface area (Å²) < 4.78 is 0. The predicted molar refractivity (Wildman–Crippen MR) is 105 cm³/mol. The van der Waals surface area contributed by atoms with E-state index in [0.29, 0.717) is 0 Å². The second-order valence-corrected chi connectivity index (χ2v) is 7.01. The van der Waals surface area contributed by atoms with Crippen molar-refractivity contribution >= 4 is 22.9 Å². The number of likely N-dealkylation sites (N-methyl/N-ethyl adjacent to an activating group) is 1. The van der Waals surface area contributed by atoms with Crippen LogP contribution < -0.4 is 10.2 Å². The van der Waals surface area contributed by atoms with Crippen molar-refractivity contribution in [2.45, 2.75) is 13.0 Å². The lowest BCUT2D eigenvalue weighted by atomic mass is 10.0. The van der Waals surface area contributed by atoms with E-state index >= 15 is 0 Å². The maximum Gasteiger partial charge on any atom is 0.240 e. The molecule has 1 atom stereocenters. The third-order valence-corrected chi connectivity index (χ3v) is 5.15. The SMILES string of the molecule is Cc1ccc([C@@H](NCC(=O)N(C)c2ccccc2)c2cccs2)cc1. The Hall–Kier alpha value is -2.43. The van der Waals surface area contributed by atoms with Gasteiger partial charge in [-0.1, -0.05) is 54.1 Å². The van der Waals surface area contributed by atoms with E-state index in [9.17, 15) is 4.79 Å². The molecule has 0 saturated carbocycles. The molecule has 0 aliphatic rings. The van der Waals surface area contributed by atoms with Crippen molar-refractivity contribution in [3.63, 3.8) is 0 Å². The van der Waals surface area contributed by atoms with E-state index in [-0.39, 0.29) is 18.5 Å². The number of benzene rings is 2. The summed E-state index contributed by atoms with van der Waals surface area (Å²) in [5.74, 6) is 0.0415. The Balaban J connectivity index is 1.73. The van der Waals surface area contributed by atoms with Crippen molar-refractivity contribution in [3.8, 4) is 0 Å². The Morgan fingerprint density at radius 3 is 2.40 bits per heavy atom. The van der Waals surface area contributed by atoms with Crippen molar-refractivity contribution in [2.75, 3.05) is 18.5 Å². The molecule has 0 aliphatic heterocycles. The zero-order valence-corrected chi connectivity index (χ0v) is 15.3. The molecule has 0 spiro atoms. The summed E-state index contributed by atoms with van der Waals surface area (Å²) >= 11 is 1.70. The van der Waals surface area contributed by atoms with E-state index in [1.165, 1.54) is 16.0 Å². The van der Waals surface area contributed by atoms with Crippen molar-refractivity contribution in [3.05, 3.63) is 88.1 Å². The molecule has 0 radical (unpaired) electrons. The van der Waals surface area contributed by atoms with Crippen LogP contribution in [0, 0.1) is 6.92 Å². The van der Waals surface area contributed by atoms with Gasteiger partial charge in [0.05, 0.1) is 12.6 Å². The van der Waals surface area contributed by atoms with Gasteiger partial charge in [-0.25, -0.2) is 0 Å². The number of nitrogens with zero attached hydrogens (tertiary/aromatic N) is 1. The van der Waals surface area contributed by atoms with Gasteiger partial charge in [-0.3, -0.25) is 10.1 Å². The zero-order chi connectivity index (χ0) is 17.6. The van der Waals surface area contributed by atoms with E-state index < -0.39 is 0 Å². The fourth-order valence-electron chi connectivity index (χ4n) is 2.70. The number of hydrogen-bond acceptors (Lipinski definition) is 3. The van der Waals surface area contributed by atoms with Gasteiger partial charge in [-0.05, 0) is 36.1 Å². The summed E-state index contributed by atoms with van der Waals surface area (Å²) in [4.78, 5) is 15.5. The van der Waals surface area contributed by atoms with E-state index in [4.69, 9.17) is 0 Å². The fraction of sp³-hybridized carbons (Fsp3) is 0.190. The molecule has 0 saturated heterocycles. The van der Waals surface area contributed by atoms with Crippen LogP contribution in [0.1, 0.15) is 22.0 Å². The summed E-state index contributed by atoms with van der Waals surface area (Å²) in [7, 11) is 1.81. The second kappa shape index (κ2) is 8.10. The van der Waals surface area contributed by atoms with Gasteiger partial charge < -0.3 is 4.90 Å². The summed E-state index contributed by atoms with van der Waals surface area (Å²) in [6, 6.07) is 22.3. The lowest BCUT2D eigenvalue weighted by Gasteiger charge is -2.21. The average Bonchev–Trinajstić information content (AvgIpc) is 3.17. The van der Waals surface area contributed by atoms with Crippen molar-refractivity contribution in [1.82, 2.24) is 5.32 Å². The zero-order valence-electron chi connectivity index (χ0n) is 14.5. The van der Waals surface area contributed by atoms with Crippen molar-refractivity contribution in [1.29, 1.82) is 0 Å². The van der Waals surface area contributed by atoms with E-state index in [0.717, 1.165) is 5.69 Å². The van der Waals surface area contributed by atoms with Gasteiger partial charge in [-0.2, -0.15) is 0 Å². The van der Waals surface area contributed by atoms with Crippen LogP contribution in [-0.4, -0.2) is 19.5 Å². The molecule has 25 heavy (non-hydrogen) atoms. The molecule has 0 unspecified atom stereocenters. The highest BCUT2D eigenvalue weighted by Crippen LogP contribution is 2.26. The Labute approximate surface area is 152 Å². The van der Waals surface area contributed by atoms with E-state index in [1.807, 2.05) is 43.4 Å². The van der Waals surface area contributed by atoms with Crippen LogP contribution in [0.25, 0.3) is 0 Å². The van der Waals surface area contributed by atoms with Gasteiger partial charge >= 0.3 is 0 Å². The van der Waals surface area contributed by atoms with Crippen LogP contribution in [0.3, 0.4) is 0 Å². The highest BCUT2D eigenvalue weighted by molar-refractivity contribution is 7.10. The number of anilines is 1. The molecular weight excluding hydrogens is 328 g/mol. The Morgan fingerprint density at radius 2 is 1.76 bits per heavy atom. The number of thiophene rings is 1. The summed E-state index contributed by atoms with van der Waals surface area (Å²) in [5, 5.41) is 5.49. The fourth-order valence-corrected chi connectivity index (χ4v) is 3.53. The van der Waals surface area contributed by atoms with Crippen molar-refractivity contribution in [2.24, 2.45) is 0 Å². The van der Waals surface area contributed by atoms with E-state index in [1.54, 1.807) is 16.2 Å². The molecule has 1 heterocycles. The standard InChI is InChI=1S/C21H22N2OS/c1-16-10-12-17(13-11-16)21(19-9-6-14-25-19)22-15-20(24)23(2)18-7-4-3-5-8-18/h3-14,21-22H,15H2,1-2H3/t21-/m1/s1. The molecule has 1 aromatic heterocycles. The molecule has 3 rings (SSSR count). The second-order valence-electron chi connectivity index (χ2n) is 6.03. The van der Waals surface area contributed by atoms with Crippen LogP contribution in [-0.2, 0) is 4.79 Å². The highest BCUT2D eigenvalue weighted by atomic mass is 32.1. The Morgan fingerprint density at radius 1 is 1.04 bits per heavy atom. The first-order valence-electron chi connectivity index (χ1n) is 8.30. The van der Waals surface area contributed by atoms with Gasteiger partial charge in [0.2, 0.25) is 5.91 Å². The molecule has 3 aromatic rings. The maximum absolute atomic E-state index is 12.6. The van der Waals surface area contributed by atoms with Crippen LogP contribution in [0.4, 0.5) is 5.69 Å². The third-order valence-electron chi connectivity index (χ3n) is 4.21. The number of aryl methyl sites for hydroxylation is 1. The average molecular weight is 350 g/mol. The summed E-state index contributed by atoms with van der Waals surface area (Å²) in [5.41, 5.74) is 3.30. The minimum Gasteiger partial charge on any atom is -0.314 e. The Kier molecular flexibility index (Phi) is 5.64. The van der Waals surface area contributed by atoms with Crippen LogP contribution in [0.15, 0.2) is 72.1 Å².